The van der Waals surface area contributed by atoms with Gasteiger partial charge in [-0.3, -0.25) is 4.79 Å². The topological polar surface area (TPSA) is 44.1 Å². The molecule has 1 aromatic rings. The third kappa shape index (κ3) is 1.86. The summed E-state index contributed by atoms with van der Waals surface area (Å²) in [5.41, 5.74) is 0.187. The van der Waals surface area contributed by atoms with Crippen LogP contribution in [0.2, 0.25) is 5.02 Å². The van der Waals surface area contributed by atoms with Gasteiger partial charge in [0.25, 0.3) is 0 Å². The van der Waals surface area contributed by atoms with Crippen molar-refractivity contribution in [2.75, 3.05) is 11.4 Å². The lowest BCUT2D eigenvalue weighted by molar-refractivity contribution is -0.117. The molecular weight excluding hydrogens is 231 g/mol. The smallest absolute Gasteiger partial charge is 0.228 e. The lowest BCUT2D eigenvalue weighted by atomic mass is 10.1. The van der Waals surface area contributed by atoms with Gasteiger partial charge in [-0.1, -0.05) is 11.6 Å². The van der Waals surface area contributed by atoms with Crippen molar-refractivity contribution in [2.45, 2.75) is 6.42 Å². The molecule has 82 valence electrons. The number of hydrogen-bond donors (Lipinski definition) is 0. The fourth-order valence-corrected chi connectivity index (χ4v) is 1.89. The highest BCUT2D eigenvalue weighted by molar-refractivity contribution is 6.30. The van der Waals surface area contributed by atoms with Crippen LogP contribution in [-0.4, -0.2) is 12.5 Å². The quantitative estimate of drug-likeness (QED) is 0.754. The van der Waals surface area contributed by atoms with Crippen LogP contribution in [-0.2, 0) is 4.79 Å². The van der Waals surface area contributed by atoms with E-state index in [1.165, 1.54) is 17.0 Å². The van der Waals surface area contributed by atoms with E-state index < -0.39 is 5.82 Å². The van der Waals surface area contributed by atoms with Gasteiger partial charge >= 0.3 is 0 Å². The second-order valence-electron chi connectivity index (χ2n) is 3.63. The number of carbonyl (C=O) groups excluding carboxylic acids is 1. The zero-order chi connectivity index (χ0) is 11.7. The minimum absolute atomic E-state index is 0.151. The Hall–Kier alpha value is -1.60. The summed E-state index contributed by atoms with van der Waals surface area (Å²) in [4.78, 5) is 12.8. The molecule has 1 saturated heterocycles. The summed E-state index contributed by atoms with van der Waals surface area (Å²) >= 11 is 5.62. The number of hydrogen-bond acceptors (Lipinski definition) is 2. The second kappa shape index (κ2) is 4.11. The first-order valence-electron chi connectivity index (χ1n) is 4.77. The maximum atomic E-state index is 13.5. The van der Waals surface area contributed by atoms with Crippen LogP contribution in [0.15, 0.2) is 18.2 Å². The normalized spacial score (nSPS) is 19.9. The summed E-state index contributed by atoms with van der Waals surface area (Å²) in [5.74, 6) is -1.13. The zero-order valence-corrected chi connectivity index (χ0v) is 9.04. The standard InChI is InChI=1S/C11H8ClFN2O/c12-8-1-2-10(9(13)4-8)15-6-7(5-14)3-11(15)16/h1-2,4,7H,3,6H2. The molecule has 0 saturated carbocycles. The average molecular weight is 239 g/mol. The molecular formula is C11H8ClFN2O. The van der Waals surface area contributed by atoms with Gasteiger partial charge in [-0.2, -0.15) is 5.26 Å². The highest BCUT2D eigenvalue weighted by Gasteiger charge is 2.31. The Balaban J connectivity index is 2.32. The number of rotatable bonds is 1. The third-order valence-electron chi connectivity index (χ3n) is 2.51. The molecule has 1 aromatic carbocycles. The van der Waals surface area contributed by atoms with Crippen molar-refractivity contribution < 1.29 is 9.18 Å². The lowest BCUT2D eigenvalue weighted by Crippen LogP contribution is -2.25. The predicted molar refractivity (Wildman–Crippen MR) is 57.5 cm³/mol. The molecule has 1 heterocycles. The van der Waals surface area contributed by atoms with Gasteiger partial charge in [0.05, 0.1) is 17.7 Å². The average Bonchev–Trinajstić information content (AvgIpc) is 2.60. The van der Waals surface area contributed by atoms with E-state index in [0.717, 1.165) is 6.07 Å². The van der Waals surface area contributed by atoms with E-state index >= 15 is 0 Å². The van der Waals surface area contributed by atoms with Crippen molar-refractivity contribution in [3.63, 3.8) is 0 Å². The van der Waals surface area contributed by atoms with Gasteiger partial charge in [-0.05, 0) is 18.2 Å². The molecule has 5 heteroatoms. The van der Waals surface area contributed by atoms with Gasteiger partial charge in [0.15, 0.2) is 0 Å². The van der Waals surface area contributed by atoms with Gasteiger partial charge < -0.3 is 4.90 Å². The van der Waals surface area contributed by atoms with E-state index in [-0.39, 0.29) is 35.5 Å². The van der Waals surface area contributed by atoms with Gasteiger partial charge in [0.2, 0.25) is 5.91 Å². The van der Waals surface area contributed by atoms with Crippen molar-refractivity contribution >= 4 is 23.2 Å². The number of anilines is 1. The monoisotopic (exact) mass is 238 g/mol. The van der Waals surface area contributed by atoms with E-state index in [9.17, 15) is 9.18 Å². The van der Waals surface area contributed by atoms with E-state index in [0.29, 0.717) is 0 Å². The van der Waals surface area contributed by atoms with Crippen LogP contribution in [0.4, 0.5) is 10.1 Å². The van der Waals surface area contributed by atoms with Gasteiger partial charge in [-0.25, -0.2) is 4.39 Å². The van der Waals surface area contributed by atoms with Crippen molar-refractivity contribution in [2.24, 2.45) is 5.92 Å². The number of amides is 1. The van der Waals surface area contributed by atoms with Crippen LogP contribution in [0.3, 0.4) is 0 Å². The van der Waals surface area contributed by atoms with Crippen LogP contribution in [0, 0.1) is 23.1 Å². The lowest BCUT2D eigenvalue weighted by Gasteiger charge is -2.16. The predicted octanol–water partition coefficient (Wildman–Crippen LogP) is 2.36. The van der Waals surface area contributed by atoms with Crippen molar-refractivity contribution in [1.82, 2.24) is 0 Å². The molecule has 16 heavy (non-hydrogen) atoms. The molecule has 0 aromatic heterocycles. The Morgan fingerprint density at radius 3 is 2.88 bits per heavy atom. The number of nitrogens with zero attached hydrogens (tertiary/aromatic N) is 2. The van der Waals surface area contributed by atoms with Crippen molar-refractivity contribution in [3.8, 4) is 6.07 Å². The molecule has 0 radical (unpaired) electrons. The van der Waals surface area contributed by atoms with Crippen molar-refractivity contribution in [3.05, 3.63) is 29.0 Å². The summed E-state index contributed by atoms with van der Waals surface area (Å²) in [7, 11) is 0. The van der Waals surface area contributed by atoms with E-state index in [2.05, 4.69) is 0 Å². The molecule has 1 atom stereocenters. The first-order chi connectivity index (χ1) is 7.61. The van der Waals surface area contributed by atoms with Crippen molar-refractivity contribution in [1.29, 1.82) is 5.26 Å². The van der Waals surface area contributed by atoms with Crippen LogP contribution in [0.5, 0.6) is 0 Å². The molecule has 1 unspecified atom stereocenters. The highest BCUT2D eigenvalue weighted by Crippen LogP contribution is 2.28. The molecule has 2 rings (SSSR count). The molecule has 3 nitrogen and oxygen atoms in total. The minimum atomic E-state index is -0.542. The second-order valence-corrected chi connectivity index (χ2v) is 4.07. The van der Waals surface area contributed by atoms with E-state index in [1.807, 2.05) is 6.07 Å². The number of benzene rings is 1. The van der Waals surface area contributed by atoms with Gasteiger partial charge in [0.1, 0.15) is 5.82 Å². The van der Waals surface area contributed by atoms with E-state index in [4.69, 9.17) is 16.9 Å². The molecule has 0 spiro atoms. The Labute approximate surface area is 97.0 Å². The Kier molecular flexibility index (Phi) is 2.80. The number of nitriles is 1. The van der Waals surface area contributed by atoms with Crippen LogP contribution >= 0.6 is 11.6 Å². The van der Waals surface area contributed by atoms with Crippen LogP contribution in [0.1, 0.15) is 6.42 Å². The molecule has 1 fully saturated rings. The Morgan fingerprint density at radius 1 is 1.56 bits per heavy atom. The largest absolute Gasteiger partial charge is 0.308 e. The zero-order valence-electron chi connectivity index (χ0n) is 8.28. The maximum absolute atomic E-state index is 13.5. The third-order valence-corrected chi connectivity index (χ3v) is 2.74. The summed E-state index contributed by atoms with van der Waals surface area (Å²) in [6, 6.07) is 6.14. The number of carbonyl (C=O) groups is 1. The summed E-state index contributed by atoms with van der Waals surface area (Å²) in [5, 5.41) is 9.00. The SMILES string of the molecule is N#CC1CC(=O)N(c2ccc(Cl)cc2F)C1. The Morgan fingerprint density at radius 2 is 2.31 bits per heavy atom. The van der Waals surface area contributed by atoms with E-state index in [1.54, 1.807) is 0 Å². The van der Waals surface area contributed by atoms with Gasteiger partial charge in [0, 0.05) is 18.0 Å². The van der Waals surface area contributed by atoms with Crippen LogP contribution < -0.4 is 4.90 Å². The molecule has 1 aliphatic heterocycles. The number of halogens is 2. The summed E-state index contributed by atoms with van der Waals surface area (Å²) in [6.45, 7) is 0.244. The summed E-state index contributed by atoms with van der Waals surface area (Å²) in [6.07, 6.45) is 0.151. The first-order valence-corrected chi connectivity index (χ1v) is 5.14. The molecule has 0 N–H and O–H groups in total. The fourth-order valence-electron chi connectivity index (χ4n) is 1.73. The maximum Gasteiger partial charge on any atom is 0.228 e. The molecule has 1 aliphatic rings. The Bertz CT molecular complexity index is 483. The first kappa shape index (κ1) is 10.9. The fraction of sp³-hybridized carbons (Fsp3) is 0.273. The minimum Gasteiger partial charge on any atom is -0.308 e. The molecule has 0 bridgehead atoms. The molecule has 1 amide bonds. The molecule has 0 aliphatic carbocycles. The highest BCUT2D eigenvalue weighted by atomic mass is 35.5. The van der Waals surface area contributed by atoms with Crippen LogP contribution in [0.25, 0.3) is 0 Å². The summed E-state index contributed by atoms with van der Waals surface area (Å²) < 4.78 is 13.5. The van der Waals surface area contributed by atoms with Gasteiger partial charge in [-0.15, -0.1) is 0 Å².